The predicted molar refractivity (Wildman–Crippen MR) is 88.1 cm³/mol. The van der Waals surface area contributed by atoms with E-state index < -0.39 is 0 Å². The number of hydrogen-bond donors (Lipinski definition) is 1. The first-order valence-corrected chi connectivity index (χ1v) is 8.90. The summed E-state index contributed by atoms with van der Waals surface area (Å²) in [5, 5.41) is 13.2. The molecule has 2 fully saturated rings. The first kappa shape index (κ1) is 16.8. The molecule has 0 aromatic heterocycles. The second-order valence-electron chi connectivity index (χ2n) is 7.93. The SMILES string of the molecule is CCC(C#N)(CCCN1CCCC(C)(C)CC1)NC1CC1. The van der Waals surface area contributed by atoms with Crippen LogP contribution in [0.2, 0.25) is 0 Å². The molecule has 0 aromatic carbocycles. The topological polar surface area (TPSA) is 39.1 Å². The molecule has 1 saturated heterocycles. The quantitative estimate of drug-likeness (QED) is 0.777. The summed E-state index contributed by atoms with van der Waals surface area (Å²) < 4.78 is 0. The summed E-state index contributed by atoms with van der Waals surface area (Å²) >= 11 is 0. The van der Waals surface area contributed by atoms with E-state index in [-0.39, 0.29) is 5.54 Å². The molecule has 2 aliphatic rings. The van der Waals surface area contributed by atoms with Crippen LogP contribution in [0.5, 0.6) is 0 Å². The maximum Gasteiger partial charge on any atom is 0.106 e. The first-order chi connectivity index (χ1) is 9.99. The fraction of sp³-hybridized carbons (Fsp3) is 0.944. The van der Waals surface area contributed by atoms with Crippen molar-refractivity contribution in [3.05, 3.63) is 0 Å². The number of nitrogens with zero attached hydrogens (tertiary/aromatic N) is 2. The predicted octanol–water partition coefficient (Wildman–Crippen LogP) is 3.70. The average molecular weight is 291 g/mol. The molecule has 0 aromatic rings. The molecule has 2 rings (SSSR count). The van der Waals surface area contributed by atoms with Gasteiger partial charge in [-0.2, -0.15) is 5.26 Å². The molecule has 0 amide bonds. The van der Waals surface area contributed by atoms with Crippen LogP contribution in [-0.4, -0.2) is 36.1 Å². The molecule has 1 heterocycles. The van der Waals surface area contributed by atoms with E-state index in [2.05, 4.69) is 37.1 Å². The monoisotopic (exact) mass is 291 g/mol. The van der Waals surface area contributed by atoms with Crippen LogP contribution in [-0.2, 0) is 0 Å². The fourth-order valence-corrected chi connectivity index (χ4v) is 3.44. The van der Waals surface area contributed by atoms with E-state index in [9.17, 15) is 5.26 Å². The number of nitrogens with one attached hydrogen (secondary N) is 1. The molecule has 1 atom stereocenters. The minimum atomic E-state index is -0.272. The standard InChI is InChI=1S/C18H33N3/c1-4-18(15-19,20-16-7-8-16)10-6-13-21-12-5-9-17(2,3)11-14-21/h16,20H,4-14H2,1-3H3. The van der Waals surface area contributed by atoms with Crippen LogP contribution >= 0.6 is 0 Å². The summed E-state index contributed by atoms with van der Waals surface area (Å²) in [7, 11) is 0. The number of hydrogen-bond acceptors (Lipinski definition) is 3. The van der Waals surface area contributed by atoms with Gasteiger partial charge < -0.3 is 4.90 Å². The largest absolute Gasteiger partial charge is 0.303 e. The first-order valence-electron chi connectivity index (χ1n) is 8.90. The zero-order valence-corrected chi connectivity index (χ0v) is 14.2. The second kappa shape index (κ2) is 7.11. The van der Waals surface area contributed by atoms with Crippen molar-refractivity contribution in [2.75, 3.05) is 19.6 Å². The van der Waals surface area contributed by atoms with Crippen LogP contribution in [0.25, 0.3) is 0 Å². The van der Waals surface area contributed by atoms with Crippen molar-refractivity contribution in [1.29, 1.82) is 5.26 Å². The van der Waals surface area contributed by atoms with E-state index in [0.29, 0.717) is 11.5 Å². The van der Waals surface area contributed by atoms with Crippen LogP contribution in [0.1, 0.15) is 72.1 Å². The van der Waals surface area contributed by atoms with Crippen LogP contribution in [0.15, 0.2) is 0 Å². The normalized spacial score (nSPS) is 25.8. The van der Waals surface area contributed by atoms with Crippen molar-refractivity contribution < 1.29 is 0 Å². The lowest BCUT2D eigenvalue weighted by atomic mass is 9.85. The summed E-state index contributed by atoms with van der Waals surface area (Å²) in [6, 6.07) is 3.18. The summed E-state index contributed by atoms with van der Waals surface area (Å²) in [5.41, 5.74) is 0.244. The van der Waals surface area contributed by atoms with Gasteiger partial charge in [0.1, 0.15) is 5.54 Å². The van der Waals surface area contributed by atoms with Gasteiger partial charge >= 0.3 is 0 Å². The Kier molecular flexibility index (Phi) is 5.68. The van der Waals surface area contributed by atoms with Gasteiger partial charge in [0.15, 0.2) is 0 Å². The summed E-state index contributed by atoms with van der Waals surface area (Å²) in [6.07, 6.45) is 9.55. The van der Waals surface area contributed by atoms with Gasteiger partial charge in [0.2, 0.25) is 0 Å². The lowest BCUT2D eigenvalue weighted by Gasteiger charge is -2.28. The van der Waals surface area contributed by atoms with Gasteiger partial charge in [-0.15, -0.1) is 0 Å². The molecule has 1 unspecified atom stereocenters. The summed E-state index contributed by atoms with van der Waals surface area (Å²) in [5.74, 6) is 0. The highest BCUT2D eigenvalue weighted by Gasteiger charge is 2.34. The molecular weight excluding hydrogens is 258 g/mol. The van der Waals surface area contributed by atoms with Crippen molar-refractivity contribution in [1.82, 2.24) is 10.2 Å². The van der Waals surface area contributed by atoms with Crippen molar-refractivity contribution in [2.24, 2.45) is 5.41 Å². The summed E-state index contributed by atoms with van der Waals surface area (Å²) in [6.45, 7) is 10.6. The Hall–Kier alpha value is -0.590. The molecule has 0 radical (unpaired) electrons. The maximum atomic E-state index is 9.58. The zero-order valence-electron chi connectivity index (χ0n) is 14.2. The molecule has 120 valence electrons. The molecule has 0 bridgehead atoms. The maximum absolute atomic E-state index is 9.58. The van der Waals surface area contributed by atoms with Crippen molar-refractivity contribution in [3.8, 4) is 6.07 Å². The van der Waals surface area contributed by atoms with Crippen molar-refractivity contribution >= 4 is 0 Å². The molecule has 0 spiro atoms. The Labute approximate surface area is 131 Å². The molecule has 1 aliphatic carbocycles. The number of likely N-dealkylation sites (tertiary alicyclic amines) is 1. The smallest absolute Gasteiger partial charge is 0.106 e. The highest BCUT2D eigenvalue weighted by Crippen LogP contribution is 2.30. The highest BCUT2D eigenvalue weighted by atomic mass is 15.1. The third kappa shape index (κ3) is 5.27. The van der Waals surface area contributed by atoms with Gasteiger partial charge in [0.25, 0.3) is 0 Å². The van der Waals surface area contributed by atoms with E-state index in [4.69, 9.17) is 0 Å². The Morgan fingerprint density at radius 3 is 2.67 bits per heavy atom. The summed E-state index contributed by atoms with van der Waals surface area (Å²) in [4.78, 5) is 2.61. The Balaban J connectivity index is 1.75. The van der Waals surface area contributed by atoms with Crippen LogP contribution in [0.4, 0.5) is 0 Å². The van der Waals surface area contributed by atoms with Gasteiger partial charge in [-0.3, -0.25) is 5.32 Å². The van der Waals surface area contributed by atoms with E-state index >= 15 is 0 Å². The van der Waals surface area contributed by atoms with Crippen molar-refractivity contribution in [3.63, 3.8) is 0 Å². The minimum absolute atomic E-state index is 0.272. The minimum Gasteiger partial charge on any atom is -0.303 e. The van der Waals surface area contributed by atoms with Gasteiger partial charge in [-0.1, -0.05) is 20.8 Å². The highest BCUT2D eigenvalue weighted by molar-refractivity contribution is 5.09. The van der Waals surface area contributed by atoms with E-state index in [1.54, 1.807) is 0 Å². The van der Waals surface area contributed by atoms with E-state index in [0.717, 1.165) is 25.8 Å². The lowest BCUT2D eigenvalue weighted by Crippen LogP contribution is -2.45. The van der Waals surface area contributed by atoms with Gasteiger partial charge in [0, 0.05) is 6.04 Å². The van der Waals surface area contributed by atoms with Gasteiger partial charge in [0.05, 0.1) is 6.07 Å². The average Bonchev–Trinajstić information content (AvgIpc) is 3.27. The van der Waals surface area contributed by atoms with E-state index in [1.807, 2.05) is 0 Å². The van der Waals surface area contributed by atoms with Crippen molar-refractivity contribution in [2.45, 2.75) is 83.7 Å². The Morgan fingerprint density at radius 1 is 1.29 bits per heavy atom. The Morgan fingerprint density at radius 2 is 2.05 bits per heavy atom. The third-order valence-electron chi connectivity index (χ3n) is 5.39. The van der Waals surface area contributed by atoms with Gasteiger partial charge in [-0.25, -0.2) is 0 Å². The lowest BCUT2D eigenvalue weighted by molar-refractivity contribution is 0.246. The number of nitriles is 1. The molecule has 3 heteroatoms. The van der Waals surface area contributed by atoms with Crippen LogP contribution in [0.3, 0.4) is 0 Å². The zero-order chi connectivity index (χ0) is 15.3. The molecular formula is C18H33N3. The third-order valence-corrected chi connectivity index (χ3v) is 5.39. The van der Waals surface area contributed by atoms with Gasteiger partial charge in [-0.05, 0) is 76.4 Å². The molecule has 21 heavy (non-hydrogen) atoms. The molecule has 1 saturated carbocycles. The second-order valence-corrected chi connectivity index (χ2v) is 7.93. The molecule has 3 nitrogen and oxygen atoms in total. The fourth-order valence-electron chi connectivity index (χ4n) is 3.44. The van der Waals surface area contributed by atoms with Crippen LogP contribution < -0.4 is 5.32 Å². The molecule has 1 N–H and O–H groups in total. The Bertz CT molecular complexity index is 367. The van der Waals surface area contributed by atoms with E-state index in [1.165, 1.54) is 45.2 Å². The van der Waals surface area contributed by atoms with Crippen LogP contribution in [0, 0.1) is 16.7 Å². The molecule has 1 aliphatic heterocycles. The number of rotatable bonds is 7.